The maximum atomic E-state index is 13.7. The number of likely N-dealkylation sites (tertiary alicyclic amines) is 1. The molecule has 2 unspecified atom stereocenters. The molecule has 2 aromatic rings. The summed E-state index contributed by atoms with van der Waals surface area (Å²) in [7, 11) is 1.91. The molecule has 0 bridgehead atoms. The second-order valence-corrected chi connectivity index (χ2v) is 8.33. The smallest absolute Gasteiger partial charge is 0.326 e. The summed E-state index contributed by atoms with van der Waals surface area (Å²) in [6.45, 7) is 2.71. The molecule has 0 N–H and O–H groups in total. The average Bonchev–Trinajstić information content (AvgIpc) is 3.27. The molecule has 2 aromatic carbocycles. The van der Waals surface area contributed by atoms with Crippen molar-refractivity contribution in [1.82, 2.24) is 9.80 Å². The summed E-state index contributed by atoms with van der Waals surface area (Å²) in [5.74, 6) is 0. The molecule has 0 radical (unpaired) electrons. The lowest BCUT2D eigenvalue weighted by Crippen LogP contribution is -2.58. The van der Waals surface area contributed by atoms with E-state index in [1.165, 1.54) is 11.1 Å². The largest absolute Gasteiger partial charge is 0.381 e. The molecular weight excluding hydrogens is 362 g/mol. The van der Waals surface area contributed by atoms with Crippen molar-refractivity contribution < 1.29 is 9.53 Å². The lowest BCUT2D eigenvalue weighted by atomic mass is 9.92. The third-order valence-corrected chi connectivity index (χ3v) is 6.74. The maximum Gasteiger partial charge on any atom is 0.326 e. The van der Waals surface area contributed by atoms with E-state index in [2.05, 4.69) is 52.3 Å². The molecule has 2 saturated heterocycles. The Hall–Kier alpha value is -2.37. The van der Waals surface area contributed by atoms with Crippen LogP contribution in [0, 0.1) is 0 Å². The van der Waals surface area contributed by atoms with Crippen LogP contribution in [-0.2, 0) is 4.74 Å². The highest BCUT2D eigenvalue weighted by atomic mass is 16.5. The van der Waals surface area contributed by atoms with Crippen LogP contribution in [0.25, 0.3) is 0 Å². The summed E-state index contributed by atoms with van der Waals surface area (Å²) in [6, 6.07) is 19.4. The van der Waals surface area contributed by atoms with Crippen molar-refractivity contribution >= 4 is 11.7 Å². The Morgan fingerprint density at radius 1 is 0.931 bits per heavy atom. The summed E-state index contributed by atoms with van der Waals surface area (Å²) in [5, 5.41) is 0. The molecule has 3 aliphatic rings. The zero-order valence-corrected chi connectivity index (χ0v) is 17.0. The maximum absolute atomic E-state index is 13.7. The lowest BCUT2D eigenvalue weighted by molar-refractivity contribution is -0.00581. The van der Waals surface area contributed by atoms with Gasteiger partial charge in [0.05, 0.1) is 17.9 Å². The van der Waals surface area contributed by atoms with Crippen molar-refractivity contribution in [3.63, 3.8) is 0 Å². The van der Waals surface area contributed by atoms with Gasteiger partial charge in [-0.15, -0.1) is 0 Å². The number of benzene rings is 2. The quantitative estimate of drug-likeness (QED) is 0.785. The van der Waals surface area contributed by atoms with Crippen LogP contribution in [-0.4, -0.2) is 54.8 Å². The van der Waals surface area contributed by atoms with E-state index in [0.29, 0.717) is 6.04 Å². The number of anilines is 1. The molecule has 3 heterocycles. The minimum atomic E-state index is -0.0541. The second kappa shape index (κ2) is 7.81. The molecule has 2 fully saturated rings. The first-order valence-electron chi connectivity index (χ1n) is 10.8. The number of carbonyl (C=O) groups is 1. The number of para-hydroxylation sites is 1. The van der Waals surface area contributed by atoms with E-state index in [9.17, 15) is 4.79 Å². The predicted octanol–water partition coefficient (Wildman–Crippen LogP) is 4.25. The highest BCUT2D eigenvalue weighted by Gasteiger charge is 2.45. The SMILES string of the molecule is CN1C(=O)N(C2CCCN2C2CCOCC2)C(c2ccccc2)c2ccccc21. The van der Waals surface area contributed by atoms with E-state index < -0.39 is 0 Å². The predicted molar refractivity (Wildman–Crippen MR) is 114 cm³/mol. The van der Waals surface area contributed by atoms with Gasteiger partial charge in [-0.1, -0.05) is 48.5 Å². The van der Waals surface area contributed by atoms with Gasteiger partial charge in [-0.2, -0.15) is 0 Å². The topological polar surface area (TPSA) is 36.0 Å². The zero-order valence-electron chi connectivity index (χ0n) is 17.0. The molecule has 5 rings (SSSR count). The van der Waals surface area contributed by atoms with Crippen LogP contribution >= 0.6 is 0 Å². The number of hydrogen-bond acceptors (Lipinski definition) is 3. The summed E-state index contributed by atoms with van der Waals surface area (Å²) >= 11 is 0. The fraction of sp³-hybridized carbons (Fsp3) is 0.458. The molecule has 3 aliphatic heterocycles. The molecule has 2 atom stereocenters. The van der Waals surface area contributed by atoms with Gasteiger partial charge in [0.1, 0.15) is 0 Å². The van der Waals surface area contributed by atoms with Crippen molar-refractivity contribution in [1.29, 1.82) is 0 Å². The van der Waals surface area contributed by atoms with E-state index >= 15 is 0 Å². The molecule has 0 aromatic heterocycles. The Labute approximate surface area is 172 Å². The molecule has 0 spiro atoms. The summed E-state index contributed by atoms with van der Waals surface area (Å²) in [6.07, 6.45) is 4.41. The molecule has 0 aliphatic carbocycles. The Morgan fingerprint density at radius 3 is 2.45 bits per heavy atom. The Bertz CT molecular complexity index is 865. The normalized spacial score (nSPS) is 26.0. The minimum Gasteiger partial charge on any atom is -0.381 e. The Morgan fingerprint density at radius 2 is 1.66 bits per heavy atom. The van der Waals surface area contributed by atoms with Gasteiger partial charge in [-0.3, -0.25) is 14.7 Å². The second-order valence-electron chi connectivity index (χ2n) is 8.33. The van der Waals surface area contributed by atoms with Crippen molar-refractivity contribution in [2.24, 2.45) is 0 Å². The zero-order chi connectivity index (χ0) is 19.8. The number of amides is 2. The van der Waals surface area contributed by atoms with Crippen molar-refractivity contribution in [2.45, 2.75) is 43.9 Å². The first-order valence-corrected chi connectivity index (χ1v) is 10.8. The van der Waals surface area contributed by atoms with Crippen molar-refractivity contribution in [2.75, 3.05) is 31.7 Å². The number of rotatable bonds is 3. The summed E-state index contributed by atoms with van der Waals surface area (Å²) in [4.78, 5) is 20.3. The average molecular weight is 392 g/mol. The van der Waals surface area contributed by atoms with Gasteiger partial charge in [-0.25, -0.2) is 4.79 Å². The summed E-state index contributed by atoms with van der Waals surface area (Å²) in [5.41, 5.74) is 3.40. The minimum absolute atomic E-state index is 0.0541. The molecule has 0 saturated carbocycles. The first kappa shape index (κ1) is 18.6. The van der Waals surface area contributed by atoms with Crippen molar-refractivity contribution in [3.8, 4) is 0 Å². The van der Waals surface area contributed by atoms with Crippen LogP contribution in [0.15, 0.2) is 54.6 Å². The van der Waals surface area contributed by atoms with Crippen LogP contribution in [0.2, 0.25) is 0 Å². The highest BCUT2D eigenvalue weighted by Crippen LogP contribution is 2.43. The van der Waals surface area contributed by atoms with E-state index in [-0.39, 0.29) is 18.2 Å². The number of ether oxygens (including phenoxy) is 1. The van der Waals surface area contributed by atoms with E-state index in [1.807, 2.05) is 24.1 Å². The molecule has 2 amide bonds. The van der Waals surface area contributed by atoms with E-state index in [1.54, 1.807) is 0 Å². The highest BCUT2D eigenvalue weighted by molar-refractivity contribution is 5.95. The van der Waals surface area contributed by atoms with Crippen LogP contribution in [0.1, 0.15) is 42.9 Å². The molecule has 152 valence electrons. The van der Waals surface area contributed by atoms with Crippen LogP contribution in [0.5, 0.6) is 0 Å². The summed E-state index contributed by atoms with van der Waals surface area (Å²) < 4.78 is 5.60. The molecule has 5 heteroatoms. The van der Waals surface area contributed by atoms with Crippen LogP contribution < -0.4 is 4.90 Å². The standard InChI is InChI=1S/C24H29N3O2/c1-25-21-11-6-5-10-20(21)23(18-8-3-2-4-9-18)27(24(25)28)22-12-7-15-26(22)19-13-16-29-17-14-19/h2-6,8-11,19,22-23H,7,12-17H2,1H3. The van der Waals surface area contributed by atoms with Gasteiger partial charge in [0.25, 0.3) is 0 Å². The van der Waals surface area contributed by atoms with Crippen LogP contribution in [0.4, 0.5) is 10.5 Å². The third kappa shape index (κ3) is 3.22. The number of carbonyl (C=O) groups excluding carboxylic acids is 1. The fourth-order valence-electron chi connectivity index (χ4n) is 5.35. The van der Waals surface area contributed by atoms with Gasteiger partial charge >= 0.3 is 6.03 Å². The Kier molecular flexibility index (Phi) is 5.02. The number of urea groups is 1. The third-order valence-electron chi connectivity index (χ3n) is 6.74. The number of fused-ring (bicyclic) bond motifs is 1. The number of hydrogen-bond donors (Lipinski definition) is 0. The van der Waals surface area contributed by atoms with Gasteiger partial charge in [0, 0.05) is 38.4 Å². The van der Waals surface area contributed by atoms with Gasteiger partial charge in [0.15, 0.2) is 0 Å². The first-order chi connectivity index (χ1) is 14.3. The Balaban J connectivity index is 1.58. The van der Waals surface area contributed by atoms with E-state index in [4.69, 9.17) is 4.74 Å². The van der Waals surface area contributed by atoms with Gasteiger partial charge in [0.2, 0.25) is 0 Å². The number of nitrogens with zero attached hydrogens (tertiary/aromatic N) is 3. The van der Waals surface area contributed by atoms with Gasteiger partial charge < -0.3 is 4.74 Å². The van der Waals surface area contributed by atoms with Crippen molar-refractivity contribution in [3.05, 3.63) is 65.7 Å². The molecule has 29 heavy (non-hydrogen) atoms. The van der Waals surface area contributed by atoms with Crippen LogP contribution in [0.3, 0.4) is 0 Å². The molecule has 5 nitrogen and oxygen atoms in total. The fourth-order valence-corrected chi connectivity index (χ4v) is 5.35. The molecular formula is C24H29N3O2. The monoisotopic (exact) mass is 391 g/mol. The lowest BCUT2D eigenvalue weighted by Gasteiger charge is -2.48. The van der Waals surface area contributed by atoms with E-state index in [0.717, 1.165) is 51.1 Å². The van der Waals surface area contributed by atoms with Gasteiger partial charge in [-0.05, 0) is 37.3 Å².